The molecule has 0 aliphatic rings. The molecule has 0 heterocycles. The SMILES string of the molecule is CCN[C@@H](C)C(=O)NC(C)N. The van der Waals surface area contributed by atoms with Crippen molar-refractivity contribution in [3.8, 4) is 0 Å². The van der Waals surface area contributed by atoms with Gasteiger partial charge in [-0.3, -0.25) is 4.79 Å². The van der Waals surface area contributed by atoms with Crippen LogP contribution in [0, 0.1) is 0 Å². The summed E-state index contributed by atoms with van der Waals surface area (Å²) in [5, 5.41) is 5.59. The average Bonchev–Trinajstić information content (AvgIpc) is 1.86. The van der Waals surface area contributed by atoms with E-state index in [2.05, 4.69) is 10.6 Å². The fourth-order valence-electron chi connectivity index (χ4n) is 0.748. The fraction of sp³-hybridized carbons (Fsp3) is 0.857. The lowest BCUT2D eigenvalue weighted by Gasteiger charge is -2.14. The van der Waals surface area contributed by atoms with Gasteiger partial charge in [0, 0.05) is 0 Å². The molecule has 0 radical (unpaired) electrons. The molecule has 4 heteroatoms. The molecule has 0 saturated heterocycles. The second-order valence-corrected chi connectivity index (χ2v) is 2.58. The highest BCUT2D eigenvalue weighted by atomic mass is 16.2. The van der Waals surface area contributed by atoms with E-state index in [0.717, 1.165) is 6.54 Å². The zero-order valence-electron chi connectivity index (χ0n) is 7.35. The number of likely N-dealkylation sites (N-methyl/N-ethyl adjacent to an activating group) is 1. The van der Waals surface area contributed by atoms with Gasteiger partial charge in [0.25, 0.3) is 0 Å². The first-order chi connectivity index (χ1) is 5.07. The first-order valence-electron chi connectivity index (χ1n) is 3.87. The topological polar surface area (TPSA) is 67.2 Å². The fourth-order valence-corrected chi connectivity index (χ4v) is 0.748. The summed E-state index contributed by atoms with van der Waals surface area (Å²) in [6, 6.07) is -0.161. The second-order valence-electron chi connectivity index (χ2n) is 2.58. The molecular weight excluding hydrogens is 142 g/mol. The van der Waals surface area contributed by atoms with E-state index >= 15 is 0 Å². The van der Waals surface area contributed by atoms with Gasteiger partial charge in [-0.05, 0) is 20.4 Å². The van der Waals surface area contributed by atoms with E-state index in [0.29, 0.717) is 0 Å². The van der Waals surface area contributed by atoms with E-state index in [1.54, 1.807) is 13.8 Å². The molecule has 1 amide bonds. The number of carbonyl (C=O) groups excluding carboxylic acids is 1. The number of nitrogens with two attached hydrogens (primary N) is 1. The molecule has 4 nitrogen and oxygen atoms in total. The van der Waals surface area contributed by atoms with Gasteiger partial charge in [-0.1, -0.05) is 6.92 Å². The number of nitrogens with one attached hydrogen (secondary N) is 2. The Balaban J connectivity index is 3.64. The summed E-state index contributed by atoms with van der Waals surface area (Å²) < 4.78 is 0. The summed E-state index contributed by atoms with van der Waals surface area (Å²) >= 11 is 0. The Bertz CT molecular complexity index is 125. The van der Waals surface area contributed by atoms with Crippen molar-refractivity contribution in [2.75, 3.05) is 6.54 Å². The maximum atomic E-state index is 11.1. The van der Waals surface area contributed by atoms with Crippen LogP contribution >= 0.6 is 0 Å². The van der Waals surface area contributed by atoms with Crippen LogP contribution in [0.15, 0.2) is 0 Å². The number of carbonyl (C=O) groups is 1. The maximum Gasteiger partial charge on any atom is 0.238 e. The lowest BCUT2D eigenvalue weighted by Crippen LogP contribution is -2.48. The van der Waals surface area contributed by atoms with Crippen LogP contribution < -0.4 is 16.4 Å². The lowest BCUT2D eigenvalue weighted by molar-refractivity contribution is -0.123. The number of rotatable bonds is 4. The van der Waals surface area contributed by atoms with Crippen LogP contribution in [0.1, 0.15) is 20.8 Å². The van der Waals surface area contributed by atoms with E-state index in [9.17, 15) is 4.79 Å². The molecule has 0 bridgehead atoms. The van der Waals surface area contributed by atoms with Crippen LogP contribution in [0.25, 0.3) is 0 Å². The van der Waals surface area contributed by atoms with Gasteiger partial charge in [0.1, 0.15) is 0 Å². The standard InChI is InChI=1S/C7H17N3O/c1-4-9-5(2)7(11)10-6(3)8/h5-6,9H,4,8H2,1-3H3,(H,10,11)/t5-,6?/m0/s1. The molecule has 11 heavy (non-hydrogen) atoms. The predicted molar refractivity (Wildman–Crippen MR) is 44.9 cm³/mol. The van der Waals surface area contributed by atoms with Crippen LogP contribution in [0.5, 0.6) is 0 Å². The van der Waals surface area contributed by atoms with Gasteiger partial charge in [0.05, 0.1) is 12.2 Å². The summed E-state index contributed by atoms with van der Waals surface area (Å²) in [6.45, 7) is 6.28. The Kier molecular flexibility index (Phi) is 4.81. The Labute approximate surface area is 67.5 Å². The number of hydrogen-bond acceptors (Lipinski definition) is 3. The normalized spacial score (nSPS) is 15.6. The summed E-state index contributed by atoms with van der Waals surface area (Å²) in [7, 11) is 0. The van der Waals surface area contributed by atoms with E-state index in [1.165, 1.54) is 0 Å². The molecule has 66 valence electrons. The smallest absolute Gasteiger partial charge is 0.238 e. The van der Waals surface area contributed by atoms with Crippen molar-refractivity contribution in [3.63, 3.8) is 0 Å². The highest BCUT2D eigenvalue weighted by Gasteiger charge is 2.10. The highest BCUT2D eigenvalue weighted by Crippen LogP contribution is 1.81. The first kappa shape index (κ1) is 10.4. The van der Waals surface area contributed by atoms with Gasteiger partial charge in [-0.2, -0.15) is 0 Å². The molecule has 0 fully saturated rings. The second kappa shape index (κ2) is 5.09. The molecule has 0 rings (SSSR count). The molecule has 1 unspecified atom stereocenters. The van der Waals surface area contributed by atoms with Crippen LogP contribution in [0.3, 0.4) is 0 Å². The molecular formula is C7H17N3O. The minimum absolute atomic E-state index is 0.0538. The van der Waals surface area contributed by atoms with Crippen LogP contribution in [0.4, 0.5) is 0 Å². The van der Waals surface area contributed by atoms with Gasteiger partial charge >= 0.3 is 0 Å². The van der Waals surface area contributed by atoms with Crippen molar-refractivity contribution < 1.29 is 4.79 Å². The minimum atomic E-state index is -0.274. The maximum absolute atomic E-state index is 11.1. The van der Waals surface area contributed by atoms with Gasteiger partial charge < -0.3 is 16.4 Å². The van der Waals surface area contributed by atoms with Crippen LogP contribution in [0.2, 0.25) is 0 Å². The summed E-state index contributed by atoms with van der Waals surface area (Å²) in [5.41, 5.74) is 5.37. The summed E-state index contributed by atoms with van der Waals surface area (Å²) in [6.07, 6.45) is -0.274. The lowest BCUT2D eigenvalue weighted by atomic mass is 10.3. The Morgan fingerprint density at radius 3 is 2.45 bits per heavy atom. The van der Waals surface area contributed by atoms with Crippen molar-refractivity contribution in [3.05, 3.63) is 0 Å². The average molecular weight is 159 g/mol. The van der Waals surface area contributed by atoms with Gasteiger partial charge in [-0.25, -0.2) is 0 Å². The van der Waals surface area contributed by atoms with Crippen LogP contribution in [-0.4, -0.2) is 24.7 Å². The number of amides is 1. The Morgan fingerprint density at radius 2 is 2.09 bits per heavy atom. The molecule has 0 aromatic rings. The molecule has 0 aromatic heterocycles. The van der Waals surface area contributed by atoms with Gasteiger partial charge in [0.15, 0.2) is 0 Å². The Morgan fingerprint density at radius 1 is 1.55 bits per heavy atom. The van der Waals surface area contributed by atoms with E-state index in [4.69, 9.17) is 5.73 Å². The van der Waals surface area contributed by atoms with Crippen molar-refractivity contribution in [1.29, 1.82) is 0 Å². The molecule has 0 aliphatic heterocycles. The molecule has 2 atom stereocenters. The van der Waals surface area contributed by atoms with Crippen molar-refractivity contribution >= 4 is 5.91 Å². The number of hydrogen-bond donors (Lipinski definition) is 3. The van der Waals surface area contributed by atoms with Crippen molar-refractivity contribution in [2.24, 2.45) is 5.73 Å². The van der Waals surface area contributed by atoms with Crippen molar-refractivity contribution in [1.82, 2.24) is 10.6 Å². The highest BCUT2D eigenvalue weighted by molar-refractivity contribution is 5.81. The third-order valence-electron chi connectivity index (χ3n) is 1.27. The third kappa shape index (κ3) is 4.75. The largest absolute Gasteiger partial charge is 0.340 e. The molecule has 0 aromatic carbocycles. The van der Waals surface area contributed by atoms with E-state index in [1.807, 2.05) is 6.92 Å². The summed E-state index contributed by atoms with van der Waals surface area (Å²) in [4.78, 5) is 11.1. The van der Waals surface area contributed by atoms with Gasteiger partial charge in [-0.15, -0.1) is 0 Å². The van der Waals surface area contributed by atoms with Crippen LogP contribution in [-0.2, 0) is 4.79 Å². The third-order valence-corrected chi connectivity index (χ3v) is 1.27. The predicted octanol–water partition coefficient (Wildman–Crippen LogP) is -0.595. The molecule has 0 aliphatic carbocycles. The zero-order chi connectivity index (χ0) is 8.85. The molecule has 4 N–H and O–H groups in total. The van der Waals surface area contributed by atoms with Crippen molar-refractivity contribution in [2.45, 2.75) is 33.0 Å². The monoisotopic (exact) mass is 159 g/mol. The first-order valence-corrected chi connectivity index (χ1v) is 3.87. The molecule has 0 spiro atoms. The quantitative estimate of drug-likeness (QED) is 0.480. The van der Waals surface area contributed by atoms with Gasteiger partial charge in [0.2, 0.25) is 5.91 Å². The minimum Gasteiger partial charge on any atom is -0.340 e. The molecule has 0 saturated carbocycles. The Hall–Kier alpha value is -0.610. The van der Waals surface area contributed by atoms with E-state index < -0.39 is 0 Å². The van der Waals surface area contributed by atoms with E-state index in [-0.39, 0.29) is 18.1 Å². The zero-order valence-corrected chi connectivity index (χ0v) is 7.35. The summed E-state index contributed by atoms with van der Waals surface area (Å²) in [5.74, 6) is -0.0538.